The number of likely N-dealkylation sites (tertiary alicyclic amines) is 1. The number of anilines is 1. The molecule has 0 radical (unpaired) electrons. The highest BCUT2D eigenvalue weighted by Gasteiger charge is 2.52. The van der Waals surface area contributed by atoms with E-state index in [0.29, 0.717) is 11.5 Å². The summed E-state index contributed by atoms with van der Waals surface area (Å²) in [5, 5.41) is 16.7. The first kappa shape index (κ1) is 18.1. The van der Waals surface area contributed by atoms with Gasteiger partial charge in [-0.15, -0.1) is 10.2 Å². The van der Waals surface area contributed by atoms with E-state index >= 15 is 0 Å². The standard InChI is InChI=1S/C21H30N6O/c1-15-18(12-26(2)25-15)19-3-4-20(24-23-19)22-17-9-21(10-17)13-27(14-21)11-16-5-7-28-8-6-16/h3-4,12,16-17H,5-11,13-14H2,1-2H3,(H,22,24). The monoisotopic (exact) mass is 382 g/mol. The molecule has 7 nitrogen and oxygen atoms in total. The van der Waals surface area contributed by atoms with Gasteiger partial charge in [-0.05, 0) is 56.1 Å². The van der Waals surface area contributed by atoms with Crippen LogP contribution in [-0.4, -0.2) is 63.8 Å². The van der Waals surface area contributed by atoms with Crippen LogP contribution in [0.25, 0.3) is 11.3 Å². The average Bonchev–Trinajstić information content (AvgIpc) is 2.98. The van der Waals surface area contributed by atoms with Crippen LogP contribution in [0.5, 0.6) is 0 Å². The fourth-order valence-corrected chi connectivity index (χ4v) is 5.28. The van der Waals surface area contributed by atoms with E-state index in [1.807, 2.05) is 37.0 Å². The van der Waals surface area contributed by atoms with E-state index in [4.69, 9.17) is 4.74 Å². The van der Waals surface area contributed by atoms with Crippen molar-refractivity contribution >= 4 is 5.82 Å². The lowest BCUT2D eigenvalue weighted by molar-refractivity contribution is -0.0795. The first-order valence-corrected chi connectivity index (χ1v) is 10.5. The molecule has 0 amide bonds. The Labute approximate surface area is 166 Å². The number of nitrogens with one attached hydrogen (secondary N) is 1. The molecule has 2 aromatic heterocycles. The van der Waals surface area contributed by atoms with E-state index in [1.165, 1.54) is 45.3 Å². The van der Waals surface area contributed by atoms with Gasteiger partial charge in [-0.1, -0.05) is 0 Å². The van der Waals surface area contributed by atoms with Crippen LogP contribution in [0, 0.1) is 18.3 Å². The van der Waals surface area contributed by atoms with Crippen molar-refractivity contribution in [2.24, 2.45) is 18.4 Å². The predicted molar refractivity (Wildman–Crippen MR) is 108 cm³/mol. The third-order valence-electron chi connectivity index (χ3n) is 6.64. The lowest BCUT2D eigenvalue weighted by atomic mass is 9.60. The minimum absolute atomic E-state index is 0.533. The van der Waals surface area contributed by atoms with Crippen LogP contribution in [0.15, 0.2) is 18.3 Å². The zero-order valence-corrected chi connectivity index (χ0v) is 16.9. The summed E-state index contributed by atoms with van der Waals surface area (Å²) in [6.45, 7) is 7.72. The summed E-state index contributed by atoms with van der Waals surface area (Å²) in [6, 6.07) is 4.61. The van der Waals surface area contributed by atoms with Crippen LogP contribution >= 0.6 is 0 Å². The summed E-state index contributed by atoms with van der Waals surface area (Å²) in [7, 11) is 1.93. The Kier molecular flexibility index (Phi) is 4.59. The van der Waals surface area contributed by atoms with E-state index in [-0.39, 0.29) is 0 Å². The molecule has 0 unspecified atom stereocenters. The second kappa shape index (κ2) is 7.12. The van der Waals surface area contributed by atoms with Crippen molar-refractivity contribution in [1.82, 2.24) is 24.9 Å². The Balaban J connectivity index is 1.09. The van der Waals surface area contributed by atoms with Crippen molar-refractivity contribution in [2.75, 3.05) is 38.2 Å². The first-order valence-electron chi connectivity index (χ1n) is 10.5. The number of hydrogen-bond acceptors (Lipinski definition) is 6. The van der Waals surface area contributed by atoms with Gasteiger partial charge < -0.3 is 15.0 Å². The average molecular weight is 383 g/mol. The second-order valence-corrected chi connectivity index (χ2v) is 9.08. The number of aromatic nitrogens is 4. The summed E-state index contributed by atoms with van der Waals surface area (Å²) in [4.78, 5) is 2.65. The predicted octanol–water partition coefficient (Wildman–Crippen LogP) is 2.49. The molecule has 1 spiro atoms. The fourth-order valence-electron chi connectivity index (χ4n) is 5.28. The Morgan fingerprint density at radius 1 is 1.18 bits per heavy atom. The van der Waals surface area contributed by atoms with Gasteiger partial charge in [0.25, 0.3) is 0 Å². The Hall–Kier alpha value is -1.99. The van der Waals surface area contributed by atoms with Gasteiger partial charge in [0.15, 0.2) is 0 Å². The number of hydrogen-bond donors (Lipinski definition) is 1. The summed E-state index contributed by atoms with van der Waals surface area (Å²) >= 11 is 0. The van der Waals surface area contributed by atoms with Gasteiger partial charge in [0.2, 0.25) is 0 Å². The van der Waals surface area contributed by atoms with Crippen molar-refractivity contribution in [3.05, 3.63) is 24.0 Å². The van der Waals surface area contributed by atoms with Gasteiger partial charge in [-0.2, -0.15) is 5.10 Å². The maximum Gasteiger partial charge on any atom is 0.148 e. The van der Waals surface area contributed by atoms with Crippen LogP contribution in [0.4, 0.5) is 5.82 Å². The molecule has 1 saturated carbocycles. The smallest absolute Gasteiger partial charge is 0.148 e. The second-order valence-electron chi connectivity index (χ2n) is 9.08. The Bertz CT molecular complexity index is 812. The lowest BCUT2D eigenvalue weighted by Crippen LogP contribution is -2.65. The minimum atomic E-state index is 0.533. The molecule has 2 aromatic rings. The van der Waals surface area contributed by atoms with Gasteiger partial charge in [-0.25, -0.2) is 0 Å². The van der Waals surface area contributed by atoms with Crippen LogP contribution < -0.4 is 5.32 Å². The molecular formula is C21H30N6O. The molecule has 0 aromatic carbocycles. The fraction of sp³-hybridized carbons (Fsp3) is 0.667. The molecule has 0 bridgehead atoms. The quantitative estimate of drug-likeness (QED) is 0.857. The highest BCUT2D eigenvalue weighted by Crippen LogP contribution is 2.49. The minimum Gasteiger partial charge on any atom is -0.381 e. The highest BCUT2D eigenvalue weighted by atomic mass is 16.5. The summed E-state index contributed by atoms with van der Waals surface area (Å²) in [5.74, 6) is 1.72. The van der Waals surface area contributed by atoms with Gasteiger partial charge in [0.05, 0.1) is 11.4 Å². The summed E-state index contributed by atoms with van der Waals surface area (Å²) in [5.41, 5.74) is 3.46. The van der Waals surface area contributed by atoms with Crippen LogP contribution in [0.1, 0.15) is 31.4 Å². The Morgan fingerprint density at radius 3 is 2.61 bits per heavy atom. The van der Waals surface area contributed by atoms with Crippen molar-refractivity contribution in [1.29, 1.82) is 0 Å². The van der Waals surface area contributed by atoms with Gasteiger partial charge in [-0.3, -0.25) is 4.68 Å². The molecule has 4 heterocycles. The van der Waals surface area contributed by atoms with Crippen LogP contribution in [-0.2, 0) is 11.8 Å². The van der Waals surface area contributed by atoms with E-state index in [1.54, 1.807) is 0 Å². The number of nitrogens with zero attached hydrogens (tertiary/aromatic N) is 5. The van der Waals surface area contributed by atoms with E-state index < -0.39 is 0 Å². The summed E-state index contributed by atoms with van der Waals surface area (Å²) < 4.78 is 7.29. The number of rotatable bonds is 5. The van der Waals surface area contributed by atoms with Gasteiger partial charge in [0, 0.05) is 57.7 Å². The zero-order valence-electron chi connectivity index (χ0n) is 16.9. The van der Waals surface area contributed by atoms with Crippen molar-refractivity contribution in [3.8, 4) is 11.3 Å². The molecule has 7 heteroatoms. The maximum atomic E-state index is 5.47. The SMILES string of the molecule is Cc1nn(C)cc1-c1ccc(NC2CC3(C2)CN(CC2CCOCC2)C3)nn1. The highest BCUT2D eigenvalue weighted by molar-refractivity contribution is 5.61. The molecule has 28 heavy (non-hydrogen) atoms. The molecule has 2 aliphatic heterocycles. The molecule has 1 aliphatic carbocycles. The zero-order chi connectivity index (χ0) is 19.1. The van der Waals surface area contributed by atoms with Crippen molar-refractivity contribution < 1.29 is 4.74 Å². The van der Waals surface area contributed by atoms with Gasteiger partial charge in [0.1, 0.15) is 5.82 Å². The van der Waals surface area contributed by atoms with Crippen molar-refractivity contribution in [3.63, 3.8) is 0 Å². The molecule has 5 rings (SSSR count). The van der Waals surface area contributed by atoms with Crippen molar-refractivity contribution in [2.45, 2.75) is 38.6 Å². The van der Waals surface area contributed by atoms with Crippen LogP contribution in [0.2, 0.25) is 0 Å². The molecule has 3 aliphatic rings. The maximum absolute atomic E-state index is 5.47. The topological polar surface area (TPSA) is 68.1 Å². The normalized spacial score (nSPS) is 22.8. The van der Waals surface area contributed by atoms with E-state index in [9.17, 15) is 0 Å². The van der Waals surface area contributed by atoms with Gasteiger partial charge >= 0.3 is 0 Å². The molecule has 0 atom stereocenters. The molecule has 150 valence electrons. The van der Waals surface area contributed by atoms with E-state index in [0.717, 1.165) is 41.9 Å². The largest absolute Gasteiger partial charge is 0.381 e. The molecular weight excluding hydrogens is 352 g/mol. The van der Waals surface area contributed by atoms with E-state index in [2.05, 4.69) is 25.5 Å². The number of aryl methyl sites for hydroxylation is 2. The molecule has 1 N–H and O–H groups in total. The summed E-state index contributed by atoms with van der Waals surface area (Å²) in [6.07, 6.45) is 6.97. The number of ether oxygens (including phenoxy) is 1. The van der Waals surface area contributed by atoms with Crippen LogP contribution in [0.3, 0.4) is 0 Å². The first-order chi connectivity index (χ1) is 13.6. The lowest BCUT2D eigenvalue weighted by Gasteiger charge is -2.60. The third-order valence-corrected chi connectivity index (χ3v) is 6.64. The third kappa shape index (κ3) is 3.53. The molecule has 3 fully saturated rings. The molecule has 2 saturated heterocycles. The Morgan fingerprint density at radius 2 is 1.96 bits per heavy atom.